The van der Waals surface area contributed by atoms with Crippen LogP contribution in [0.5, 0.6) is 5.75 Å². The van der Waals surface area contributed by atoms with Crippen molar-refractivity contribution >= 4 is 23.6 Å². The molecule has 3 amide bonds. The van der Waals surface area contributed by atoms with Crippen molar-refractivity contribution in [1.29, 1.82) is 5.26 Å². The molecule has 2 aromatic carbocycles. The van der Waals surface area contributed by atoms with E-state index in [1.54, 1.807) is 31.2 Å². The van der Waals surface area contributed by atoms with Gasteiger partial charge in [0.05, 0.1) is 18.2 Å². The Hall–Kier alpha value is -3.86. The number of nitrogens with zero attached hydrogens (tertiary/aromatic N) is 1. The van der Waals surface area contributed by atoms with E-state index in [-0.39, 0.29) is 18.8 Å². The van der Waals surface area contributed by atoms with Crippen LogP contribution in [-0.2, 0) is 9.53 Å². The highest BCUT2D eigenvalue weighted by molar-refractivity contribution is 6.07. The first-order valence-electron chi connectivity index (χ1n) is 8.02. The summed E-state index contributed by atoms with van der Waals surface area (Å²) in [5.74, 6) is -0.630. The third kappa shape index (κ3) is 6.17. The third-order valence-electron chi connectivity index (χ3n) is 3.28. The molecule has 0 saturated carbocycles. The van der Waals surface area contributed by atoms with E-state index < -0.39 is 17.9 Å². The molecule has 0 saturated heterocycles. The average Bonchev–Trinajstić information content (AvgIpc) is 2.67. The van der Waals surface area contributed by atoms with Gasteiger partial charge in [0.15, 0.2) is 6.61 Å². The number of carbonyl (C=O) groups excluding carboxylic acids is 3. The summed E-state index contributed by atoms with van der Waals surface area (Å²) in [4.78, 5) is 35.1. The number of imide groups is 1. The molecule has 0 spiro atoms. The Bertz CT molecular complexity index is 854. The molecule has 0 unspecified atom stereocenters. The Morgan fingerprint density at radius 1 is 1.04 bits per heavy atom. The lowest BCUT2D eigenvalue weighted by Crippen LogP contribution is -2.34. The summed E-state index contributed by atoms with van der Waals surface area (Å²) in [7, 11) is 0. The fourth-order valence-corrected chi connectivity index (χ4v) is 2.01. The van der Waals surface area contributed by atoms with Crippen molar-refractivity contribution < 1.29 is 23.9 Å². The van der Waals surface area contributed by atoms with Crippen molar-refractivity contribution in [3.63, 3.8) is 0 Å². The number of ether oxygens (including phenoxy) is 2. The minimum atomic E-state index is -0.704. The van der Waals surface area contributed by atoms with Crippen molar-refractivity contribution in [2.45, 2.75) is 6.92 Å². The standard InChI is InChI=1S/C19H17N3O5/c1-2-26-17(23)12-27-16-9-7-15(8-10-16)21-19(25)22-18(24)14-5-3-13(11-20)4-6-14/h3-10H,2,12H2,1H3,(H2,21,22,24,25). The second-order valence-corrected chi connectivity index (χ2v) is 5.22. The minimum Gasteiger partial charge on any atom is -0.482 e. The van der Waals surface area contributed by atoms with Crippen LogP contribution in [0, 0.1) is 11.3 Å². The maximum atomic E-state index is 12.0. The van der Waals surface area contributed by atoms with Crippen LogP contribution in [0.2, 0.25) is 0 Å². The molecule has 2 aromatic rings. The van der Waals surface area contributed by atoms with Gasteiger partial charge in [-0.15, -0.1) is 0 Å². The van der Waals surface area contributed by atoms with Gasteiger partial charge in [0.25, 0.3) is 5.91 Å². The number of nitriles is 1. The summed E-state index contributed by atoms with van der Waals surface area (Å²) in [5, 5.41) is 13.4. The van der Waals surface area contributed by atoms with E-state index in [1.807, 2.05) is 6.07 Å². The first-order valence-corrected chi connectivity index (χ1v) is 8.02. The lowest BCUT2D eigenvalue weighted by atomic mass is 10.1. The predicted octanol–water partition coefficient (Wildman–Crippen LogP) is 2.46. The van der Waals surface area contributed by atoms with Gasteiger partial charge in [-0.1, -0.05) is 0 Å². The molecule has 0 aliphatic rings. The van der Waals surface area contributed by atoms with Gasteiger partial charge in [-0.3, -0.25) is 10.1 Å². The SMILES string of the molecule is CCOC(=O)COc1ccc(NC(=O)NC(=O)c2ccc(C#N)cc2)cc1. The van der Waals surface area contributed by atoms with E-state index in [0.29, 0.717) is 17.0 Å². The Morgan fingerprint density at radius 2 is 1.70 bits per heavy atom. The molecule has 8 heteroatoms. The van der Waals surface area contributed by atoms with Crippen molar-refractivity contribution in [2.75, 3.05) is 18.5 Å². The molecule has 2 N–H and O–H groups in total. The number of hydrogen-bond acceptors (Lipinski definition) is 6. The molecule has 0 radical (unpaired) electrons. The molecule has 8 nitrogen and oxygen atoms in total. The van der Waals surface area contributed by atoms with E-state index >= 15 is 0 Å². The molecular weight excluding hydrogens is 350 g/mol. The number of hydrogen-bond donors (Lipinski definition) is 2. The number of esters is 1. The highest BCUT2D eigenvalue weighted by Crippen LogP contribution is 2.15. The molecule has 0 aliphatic carbocycles. The monoisotopic (exact) mass is 367 g/mol. The van der Waals surface area contributed by atoms with Gasteiger partial charge in [0, 0.05) is 11.3 Å². The van der Waals surface area contributed by atoms with E-state index in [9.17, 15) is 14.4 Å². The number of benzene rings is 2. The van der Waals surface area contributed by atoms with Crippen LogP contribution in [0.1, 0.15) is 22.8 Å². The zero-order valence-corrected chi connectivity index (χ0v) is 14.5. The number of nitrogens with one attached hydrogen (secondary N) is 2. The molecule has 0 aliphatic heterocycles. The smallest absolute Gasteiger partial charge is 0.344 e. The number of rotatable bonds is 6. The number of amides is 3. The largest absolute Gasteiger partial charge is 0.482 e. The second-order valence-electron chi connectivity index (χ2n) is 5.22. The fourth-order valence-electron chi connectivity index (χ4n) is 2.01. The maximum absolute atomic E-state index is 12.0. The van der Waals surface area contributed by atoms with Gasteiger partial charge < -0.3 is 14.8 Å². The van der Waals surface area contributed by atoms with Crippen molar-refractivity contribution in [3.05, 3.63) is 59.7 Å². The van der Waals surface area contributed by atoms with Gasteiger partial charge in [-0.2, -0.15) is 5.26 Å². The summed E-state index contributed by atoms with van der Waals surface area (Å²) in [6.45, 7) is 1.77. The third-order valence-corrected chi connectivity index (χ3v) is 3.28. The number of carbonyl (C=O) groups is 3. The minimum absolute atomic E-state index is 0.208. The van der Waals surface area contributed by atoms with Crippen LogP contribution in [0.3, 0.4) is 0 Å². The Morgan fingerprint density at radius 3 is 2.30 bits per heavy atom. The van der Waals surface area contributed by atoms with Crippen LogP contribution in [0.25, 0.3) is 0 Å². The van der Waals surface area contributed by atoms with Crippen molar-refractivity contribution in [3.8, 4) is 11.8 Å². The second kappa shape index (κ2) is 9.58. The van der Waals surface area contributed by atoms with Crippen molar-refractivity contribution in [1.82, 2.24) is 5.32 Å². The van der Waals surface area contributed by atoms with Gasteiger partial charge in [-0.05, 0) is 55.5 Å². The van der Waals surface area contributed by atoms with Gasteiger partial charge in [0.1, 0.15) is 5.75 Å². The first-order chi connectivity index (χ1) is 13.0. The highest BCUT2D eigenvalue weighted by Gasteiger charge is 2.10. The summed E-state index contributed by atoms with van der Waals surface area (Å²) >= 11 is 0. The van der Waals surface area contributed by atoms with E-state index in [2.05, 4.69) is 10.6 Å². The fraction of sp³-hybridized carbons (Fsp3) is 0.158. The normalized spacial score (nSPS) is 9.63. The summed E-state index contributed by atoms with van der Waals surface area (Å²) in [6.07, 6.45) is 0. The Kier molecular flexibility index (Phi) is 6.91. The zero-order chi connectivity index (χ0) is 19.6. The number of anilines is 1. The molecule has 0 atom stereocenters. The van der Waals surface area contributed by atoms with Crippen molar-refractivity contribution in [2.24, 2.45) is 0 Å². The Balaban J connectivity index is 1.85. The van der Waals surface area contributed by atoms with Gasteiger partial charge in [-0.25, -0.2) is 9.59 Å². The zero-order valence-electron chi connectivity index (χ0n) is 14.5. The topological polar surface area (TPSA) is 118 Å². The predicted molar refractivity (Wildman–Crippen MR) is 96.2 cm³/mol. The van der Waals surface area contributed by atoms with Crippen LogP contribution < -0.4 is 15.4 Å². The lowest BCUT2D eigenvalue weighted by molar-refractivity contribution is -0.145. The lowest BCUT2D eigenvalue weighted by Gasteiger charge is -2.09. The summed E-state index contributed by atoms with van der Waals surface area (Å²) in [6, 6.07) is 13.4. The number of urea groups is 1. The van der Waals surface area contributed by atoms with Crippen LogP contribution in [0.15, 0.2) is 48.5 Å². The molecular formula is C19H17N3O5. The van der Waals surface area contributed by atoms with Crippen LogP contribution in [0.4, 0.5) is 10.5 Å². The molecule has 2 rings (SSSR count). The summed E-state index contributed by atoms with van der Waals surface area (Å²) < 4.78 is 9.99. The molecule has 0 fully saturated rings. The summed E-state index contributed by atoms with van der Waals surface area (Å²) in [5.41, 5.74) is 1.11. The van der Waals surface area contributed by atoms with Gasteiger partial charge >= 0.3 is 12.0 Å². The molecule has 0 aromatic heterocycles. The molecule has 27 heavy (non-hydrogen) atoms. The quantitative estimate of drug-likeness (QED) is 0.757. The van der Waals surface area contributed by atoms with E-state index in [1.165, 1.54) is 24.3 Å². The van der Waals surface area contributed by atoms with Crippen LogP contribution >= 0.6 is 0 Å². The maximum Gasteiger partial charge on any atom is 0.344 e. The first kappa shape index (κ1) is 19.5. The van der Waals surface area contributed by atoms with Gasteiger partial charge in [0.2, 0.25) is 0 Å². The highest BCUT2D eigenvalue weighted by atomic mass is 16.6. The Labute approximate surface area is 155 Å². The van der Waals surface area contributed by atoms with Crippen LogP contribution in [-0.4, -0.2) is 31.1 Å². The average molecular weight is 367 g/mol. The molecule has 0 bridgehead atoms. The van der Waals surface area contributed by atoms with E-state index in [0.717, 1.165) is 0 Å². The molecule has 0 heterocycles. The van der Waals surface area contributed by atoms with E-state index in [4.69, 9.17) is 14.7 Å². The molecule has 138 valence electrons.